The van der Waals surface area contributed by atoms with Crippen molar-refractivity contribution in [2.24, 2.45) is 0 Å². The van der Waals surface area contributed by atoms with Crippen LogP contribution in [-0.2, 0) is 0 Å². The van der Waals surface area contributed by atoms with Crippen molar-refractivity contribution in [3.63, 3.8) is 0 Å². The van der Waals surface area contributed by atoms with E-state index in [0.29, 0.717) is 5.39 Å². The maximum Gasteiger partial charge on any atom is 0.133 e. The Balaban J connectivity index is 0.000000581. The number of halogens is 1. The van der Waals surface area contributed by atoms with Gasteiger partial charge < -0.3 is 0 Å². The van der Waals surface area contributed by atoms with Gasteiger partial charge in [0.25, 0.3) is 0 Å². The Morgan fingerprint density at radius 2 is 1.59 bits per heavy atom. The molecule has 0 N–H and O–H groups in total. The smallest absolute Gasteiger partial charge is 0.133 e. The second-order valence-corrected chi connectivity index (χ2v) is 3.24. The number of nitrogens with zero attached hydrogens (tertiary/aromatic N) is 1. The molecule has 0 aliphatic heterocycles. The minimum absolute atomic E-state index is 0.180. The molecule has 2 heteroatoms. The number of hydrogen-bond acceptors (Lipinski definition) is 1. The number of benzene rings is 1. The van der Waals surface area contributed by atoms with Crippen molar-refractivity contribution in [2.75, 3.05) is 0 Å². The molecule has 0 radical (unpaired) electrons. The zero-order chi connectivity index (χ0) is 13.4. The van der Waals surface area contributed by atoms with E-state index in [0.717, 1.165) is 16.6 Å². The van der Waals surface area contributed by atoms with Crippen LogP contribution in [0.25, 0.3) is 10.8 Å². The van der Waals surface area contributed by atoms with E-state index in [1.54, 1.807) is 6.20 Å². The lowest BCUT2D eigenvalue weighted by molar-refractivity contribution is 0.637. The zero-order valence-corrected chi connectivity index (χ0v) is 11.6. The fourth-order valence-corrected chi connectivity index (χ4v) is 1.58. The number of hydrogen-bond donors (Lipinski definition) is 0. The van der Waals surface area contributed by atoms with E-state index in [1.807, 2.05) is 53.7 Å². The van der Waals surface area contributed by atoms with Crippen LogP contribution in [0.5, 0.6) is 0 Å². The van der Waals surface area contributed by atoms with Crippen LogP contribution in [0.2, 0.25) is 0 Å². The summed E-state index contributed by atoms with van der Waals surface area (Å²) >= 11 is 0. The maximum absolute atomic E-state index is 13.5. The topological polar surface area (TPSA) is 12.9 Å². The molecule has 0 amide bonds. The molecular formula is C15H22FN. The van der Waals surface area contributed by atoms with Gasteiger partial charge in [-0.05, 0) is 36.9 Å². The molecule has 0 fully saturated rings. The van der Waals surface area contributed by atoms with Crippen molar-refractivity contribution in [3.8, 4) is 0 Å². The van der Waals surface area contributed by atoms with Crippen molar-refractivity contribution >= 4 is 10.8 Å². The molecule has 0 spiro atoms. The minimum Gasteiger partial charge on any atom is -0.261 e. The third-order valence-corrected chi connectivity index (χ3v) is 2.15. The predicted octanol–water partition coefficient (Wildman–Crippen LogP) is 5.04. The van der Waals surface area contributed by atoms with E-state index >= 15 is 0 Å². The molecule has 0 aliphatic rings. The fraction of sp³-hybridized carbons (Fsp3) is 0.400. The second-order valence-electron chi connectivity index (χ2n) is 3.24. The molecule has 94 valence electrons. The summed E-state index contributed by atoms with van der Waals surface area (Å²) in [5.74, 6) is -0.180. The van der Waals surface area contributed by atoms with Gasteiger partial charge in [-0.3, -0.25) is 4.98 Å². The molecule has 17 heavy (non-hydrogen) atoms. The lowest BCUT2D eigenvalue weighted by atomic mass is 10.1. The molecule has 2 rings (SSSR count). The first kappa shape index (κ1) is 15.6. The van der Waals surface area contributed by atoms with Crippen LogP contribution < -0.4 is 0 Å². The van der Waals surface area contributed by atoms with Crippen molar-refractivity contribution in [1.29, 1.82) is 0 Å². The van der Waals surface area contributed by atoms with Gasteiger partial charge in [-0.25, -0.2) is 4.39 Å². The first-order valence-corrected chi connectivity index (χ1v) is 6.20. The summed E-state index contributed by atoms with van der Waals surface area (Å²) in [6, 6.07) is 5.34. The molecule has 2 aromatic rings. The third kappa shape index (κ3) is 3.81. The lowest BCUT2D eigenvalue weighted by Gasteiger charge is -2.03. The van der Waals surface area contributed by atoms with Gasteiger partial charge in [0.1, 0.15) is 5.82 Å². The predicted molar refractivity (Wildman–Crippen MR) is 73.9 cm³/mol. The van der Waals surface area contributed by atoms with E-state index in [2.05, 4.69) is 4.98 Å². The van der Waals surface area contributed by atoms with Crippen LogP contribution in [0.3, 0.4) is 0 Å². The van der Waals surface area contributed by atoms with Gasteiger partial charge >= 0.3 is 0 Å². The van der Waals surface area contributed by atoms with E-state index in [9.17, 15) is 4.39 Å². The van der Waals surface area contributed by atoms with Crippen molar-refractivity contribution in [2.45, 2.75) is 41.5 Å². The van der Waals surface area contributed by atoms with Gasteiger partial charge in [0, 0.05) is 17.3 Å². The molecule has 0 bridgehead atoms. The van der Waals surface area contributed by atoms with Crippen molar-refractivity contribution in [3.05, 3.63) is 41.5 Å². The van der Waals surface area contributed by atoms with Gasteiger partial charge in [-0.15, -0.1) is 0 Å². The zero-order valence-electron chi connectivity index (χ0n) is 11.6. The summed E-state index contributed by atoms with van der Waals surface area (Å²) in [6.45, 7) is 11.7. The normalized spacial score (nSPS) is 8.88. The number of pyridine rings is 1. The highest BCUT2D eigenvalue weighted by Crippen LogP contribution is 2.21. The molecule has 0 atom stereocenters. The van der Waals surface area contributed by atoms with Gasteiger partial charge in [0.05, 0.1) is 0 Å². The third-order valence-electron chi connectivity index (χ3n) is 2.15. The molecule has 0 unspecified atom stereocenters. The Hall–Kier alpha value is -1.44. The highest BCUT2D eigenvalue weighted by atomic mass is 19.1. The Bertz CT molecular complexity index is 464. The van der Waals surface area contributed by atoms with Crippen LogP contribution in [0.1, 0.15) is 39.0 Å². The van der Waals surface area contributed by atoms with Crippen molar-refractivity contribution in [1.82, 2.24) is 4.98 Å². The summed E-state index contributed by atoms with van der Waals surface area (Å²) in [6.07, 6.45) is 1.70. The lowest BCUT2D eigenvalue weighted by Crippen LogP contribution is -1.88. The Kier molecular flexibility index (Phi) is 7.11. The standard InChI is InChI=1S/C11H10FN.2C2H6/c1-7-5-9-3-4-13-8(2)11(9)10(12)6-7;2*1-2/h3-6H,1-2H3;2*1-2H3. The average molecular weight is 235 g/mol. The maximum atomic E-state index is 13.5. The van der Waals surface area contributed by atoms with Gasteiger partial charge in [-0.2, -0.15) is 0 Å². The number of fused-ring (bicyclic) bond motifs is 1. The minimum atomic E-state index is -0.180. The molecule has 1 nitrogen and oxygen atoms in total. The Morgan fingerprint density at radius 1 is 1.00 bits per heavy atom. The summed E-state index contributed by atoms with van der Waals surface area (Å²) in [4.78, 5) is 4.06. The van der Waals surface area contributed by atoms with Gasteiger partial charge in [-0.1, -0.05) is 33.8 Å². The second kappa shape index (κ2) is 7.77. The number of rotatable bonds is 0. The highest BCUT2D eigenvalue weighted by molar-refractivity contribution is 5.85. The summed E-state index contributed by atoms with van der Waals surface area (Å²) in [5, 5.41) is 1.55. The first-order valence-electron chi connectivity index (χ1n) is 6.20. The molecule has 0 saturated carbocycles. The molecule has 1 heterocycles. The largest absolute Gasteiger partial charge is 0.261 e. The van der Waals surface area contributed by atoms with Crippen LogP contribution in [-0.4, -0.2) is 4.98 Å². The summed E-state index contributed by atoms with van der Waals surface area (Å²) in [7, 11) is 0. The number of aryl methyl sites for hydroxylation is 2. The van der Waals surface area contributed by atoms with Gasteiger partial charge in [0.2, 0.25) is 0 Å². The molecule has 1 aromatic carbocycles. The molecule has 1 aromatic heterocycles. The molecule has 0 saturated heterocycles. The first-order chi connectivity index (χ1) is 8.18. The van der Waals surface area contributed by atoms with E-state index < -0.39 is 0 Å². The molecular weight excluding hydrogens is 213 g/mol. The number of aromatic nitrogens is 1. The fourth-order valence-electron chi connectivity index (χ4n) is 1.58. The van der Waals surface area contributed by atoms with Crippen molar-refractivity contribution < 1.29 is 4.39 Å². The van der Waals surface area contributed by atoms with Gasteiger partial charge in [0.15, 0.2) is 0 Å². The average Bonchev–Trinajstić information content (AvgIpc) is 2.33. The monoisotopic (exact) mass is 235 g/mol. The summed E-state index contributed by atoms with van der Waals surface area (Å²) < 4.78 is 13.5. The van der Waals surface area contributed by atoms with E-state index in [-0.39, 0.29) is 5.82 Å². The quantitative estimate of drug-likeness (QED) is 0.623. The van der Waals surface area contributed by atoms with Crippen LogP contribution in [0, 0.1) is 19.7 Å². The SMILES string of the molecule is CC.CC.Cc1cc(F)c2c(C)nccc2c1. The van der Waals surface area contributed by atoms with Crippen LogP contribution >= 0.6 is 0 Å². The van der Waals surface area contributed by atoms with E-state index in [4.69, 9.17) is 0 Å². The van der Waals surface area contributed by atoms with Crippen LogP contribution in [0.4, 0.5) is 4.39 Å². The van der Waals surface area contributed by atoms with Crippen LogP contribution in [0.15, 0.2) is 24.4 Å². The Labute approximate surface area is 104 Å². The Morgan fingerprint density at radius 3 is 2.18 bits per heavy atom. The molecule has 0 aliphatic carbocycles. The summed E-state index contributed by atoms with van der Waals surface area (Å²) in [5.41, 5.74) is 1.69. The highest BCUT2D eigenvalue weighted by Gasteiger charge is 2.04. The van der Waals surface area contributed by atoms with E-state index in [1.165, 1.54) is 6.07 Å².